The zero-order valence-electron chi connectivity index (χ0n) is 15.0. The van der Waals surface area contributed by atoms with Gasteiger partial charge in [0, 0.05) is 11.9 Å². The minimum Gasteiger partial charge on any atom is -0.449 e. The van der Waals surface area contributed by atoms with Gasteiger partial charge in [-0.1, -0.05) is 16.6 Å². The largest absolute Gasteiger partial charge is 0.449 e. The minimum atomic E-state index is -3.90. The lowest BCUT2D eigenvalue weighted by Crippen LogP contribution is -2.35. The van der Waals surface area contributed by atoms with Gasteiger partial charge in [0.05, 0.1) is 24.1 Å². The van der Waals surface area contributed by atoms with Crippen LogP contribution in [0.15, 0.2) is 46.7 Å². The SMILES string of the molecule is CON(C)S(=O)(=O)c1cccc(C(=O)O[C@H](C)C(=O)NCc2cccs2)c1. The van der Waals surface area contributed by atoms with Crippen molar-refractivity contribution in [2.75, 3.05) is 14.2 Å². The summed E-state index contributed by atoms with van der Waals surface area (Å²) in [5.41, 5.74) is 0.0125. The molecule has 0 spiro atoms. The predicted octanol–water partition coefficient (Wildman–Crippen LogP) is 1.79. The molecule has 8 nitrogen and oxygen atoms in total. The lowest BCUT2D eigenvalue weighted by Gasteiger charge is -2.15. The molecule has 0 saturated carbocycles. The van der Waals surface area contributed by atoms with E-state index in [1.807, 2.05) is 17.5 Å². The normalized spacial score (nSPS) is 12.6. The number of hydroxylamine groups is 1. The molecule has 0 fully saturated rings. The molecular weight excluding hydrogens is 392 g/mol. The van der Waals surface area contributed by atoms with Crippen LogP contribution in [0.2, 0.25) is 0 Å². The average molecular weight is 412 g/mol. The number of carbonyl (C=O) groups excluding carboxylic acids is 2. The number of nitrogens with one attached hydrogen (secondary N) is 1. The fraction of sp³-hybridized carbons (Fsp3) is 0.294. The third-order valence-corrected chi connectivity index (χ3v) is 6.19. The highest BCUT2D eigenvalue weighted by Crippen LogP contribution is 2.17. The Bertz CT molecular complexity index is 896. The fourth-order valence-electron chi connectivity index (χ4n) is 2.04. The number of amides is 1. The lowest BCUT2D eigenvalue weighted by molar-refractivity contribution is -0.129. The van der Waals surface area contributed by atoms with Crippen LogP contribution in [0.3, 0.4) is 0 Å². The van der Waals surface area contributed by atoms with Gasteiger partial charge in [0.25, 0.3) is 15.9 Å². The summed E-state index contributed by atoms with van der Waals surface area (Å²) in [4.78, 5) is 29.9. The first-order valence-electron chi connectivity index (χ1n) is 7.90. The van der Waals surface area contributed by atoms with Crippen LogP contribution in [0.5, 0.6) is 0 Å². The maximum absolute atomic E-state index is 12.3. The van der Waals surface area contributed by atoms with Crippen molar-refractivity contribution in [2.45, 2.75) is 24.5 Å². The van der Waals surface area contributed by atoms with E-state index < -0.39 is 28.0 Å². The molecule has 1 aromatic carbocycles. The molecule has 27 heavy (non-hydrogen) atoms. The van der Waals surface area contributed by atoms with E-state index in [-0.39, 0.29) is 10.5 Å². The zero-order chi connectivity index (χ0) is 20.0. The Labute approximate surface area is 161 Å². The Kier molecular flexibility index (Phi) is 7.08. The summed E-state index contributed by atoms with van der Waals surface area (Å²) in [6, 6.07) is 9.07. The van der Waals surface area contributed by atoms with Crippen molar-refractivity contribution in [3.63, 3.8) is 0 Å². The first kappa shape index (κ1) is 21.0. The third kappa shape index (κ3) is 5.36. The highest BCUT2D eigenvalue weighted by Gasteiger charge is 2.24. The van der Waals surface area contributed by atoms with Gasteiger partial charge in [-0.3, -0.25) is 9.63 Å². The molecule has 0 aliphatic heterocycles. The standard InChI is InChI=1S/C17H20N2O6S2/c1-12(16(20)18-11-14-7-5-9-26-14)25-17(21)13-6-4-8-15(10-13)27(22,23)19(2)24-3/h4-10,12H,11H2,1-3H3,(H,18,20)/t12-/m1/s1. The van der Waals surface area contributed by atoms with Gasteiger partial charge >= 0.3 is 5.97 Å². The van der Waals surface area contributed by atoms with E-state index in [9.17, 15) is 18.0 Å². The highest BCUT2D eigenvalue weighted by atomic mass is 32.2. The molecule has 0 saturated heterocycles. The van der Waals surface area contributed by atoms with Crippen LogP contribution in [0, 0.1) is 0 Å². The van der Waals surface area contributed by atoms with E-state index in [0.29, 0.717) is 11.0 Å². The number of thiophene rings is 1. The van der Waals surface area contributed by atoms with Gasteiger partial charge < -0.3 is 10.1 Å². The molecule has 146 valence electrons. The average Bonchev–Trinajstić information content (AvgIpc) is 3.18. The Morgan fingerprint density at radius 1 is 1.26 bits per heavy atom. The molecule has 0 bridgehead atoms. The van der Waals surface area contributed by atoms with Gasteiger partial charge in [-0.25, -0.2) is 13.2 Å². The summed E-state index contributed by atoms with van der Waals surface area (Å²) in [6.07, 6.45) is -1.03. The molecule has 1 atom stereocenters. The number of hydrogen-bond acceptors (Lipinski definition) is 7. The van der Waals surface area contributed by atoms with Crippen LogP contribution in [0.1, 0.15) is 22.2 Å². The van der Waals surface area contributed by atoms with Crippen LogP contribution in [-0.2, 0) is 30.9 Å². The second kappa shape index (κ2) is 9.09. The monoisotopic (exact) mass is 412 g/mol. The van der Waals surface area contributed by atoms with Gasteiger partial charge in [-0.2, -0.15) is 0 Å². The minimum absolute atomic E-state index is 0.0125. The second-order valence-corrected chi connectivity index (χ2v) is 8.44. The van der Waals surface area contributed by atoms with Crippen molar-refractivity contribution in [3.8, 4) is 0 Å². The molecule has 0 unspecified atom stereocenters. The fourth-order valence-corrected chi connectivity index (χ4v) is 3.71. The number of sulfonamides is 1. The van der Waals surface area contributed by atoms with Gasteiger partial charge in [-0.15, -0.1) is 11.3 Å². The number of rotatable bonds is 8. The Morgan fingerprint density at radius 2 is 2.00 bits per heavy atom. The maximum Gasteiger partial charge on any atom is 0.338 e. The van der Waals surface area contributed by atoms with Gasteiger partial charge in [0.2, 0.25) is 0 Å². The Morgan fingerprint density at radius 3 is 2.63 bits per heavy atom. The summed E-state index contributed by atoms with van der Waals surface area (Å²) in [6.45, 7) is 1.79. The quantitative estimate of drug-likeness (QED) is 0.524. The second-order valence-electron chi connectivity index (χ2n) is 5.47. The van der Waals surface area contributed by atoms with E-state index in [0.717, 1.165) is 4.88 Å². The number of hydrogen-bond donors (Lipinski definition) is 1. The van der Waals surface area contributed by atoms with Gasteiger partial charge in [-0.05, 0) is 36.6 Å². The van der Waals surface area contributed by atoms with Crippen molar-refractivity contribution >= 4 is 33.2 Å². The van der Waals surface area contributed by atoms with E-state index >= 15 is 0 Å². The summed E-state index contributed by atoms with van der Waals surface area (Å²) < 4.78 is 30.3. The lowest BCUT2D eigenvalue weighted by atomic mass is 10.2. The number of ether oxygens (including phenoxy) is 1. The summed E-state index contributed by atoms with van der Waals surface area (Å²) >= 11 is 1.50. The number of esters is 1. The van der Waals surface area contributed by atoms with Crippen molar-refractivity contribution in [1.82, 2.24) is 9.79 Å². The predicted molar refractivity (Wildman–Crippen MR) is 99.4 cm³/mol. The van der Waals surface area contributed by atoms with Crippen molar-refractivity contribution in [3.05, 3.63) is 52.2 Å². The van der Waals surface area contributed by atoms with E-state index in [1.54, 1.807) is 0 Å². The molecule has 2 aromatic rings. The summed E-state index contributed by atoms with van der Waals surface area (Å²) in [5, 5.41) is 4.57. The highest BCUT2D eigenvalue weighted by molar-refractivity contribution is 7.89. The van der Waals surface area contributed by atoms with Crippen molar-refractivity contribution in [1.29, 1.82) is 0 Å². The molecule has 1 N–H and O–H groups in total. The van der Waals surface area contributed by atoms with Crippen LogP contribution in [-0.4, -0.2) is 45.0 Å². The van der Waals surface area contributed by atoms with Crippen molar-refractivity contribution in [2.24, 2.45) is 0 Å². The molecule has 10 heteroatoms. The van der Waals surface area contributed by atoms with Crippen LogP contribution >= 0.6 is 11.3 Å². The molecular formula is C17H20N2O6S2. The molecule has 2 rings (SSSR count). The number of nitrogens with zero attached hydrogens (tertiary/aromatic N) is 1. The van der Waals surface area contributed by atoms with Crippen LogP contribution in [0.25, 0.3) is 0 Å². The molecule has 1 heterocycles. The van der Waals surface area contributed by atoms with E-state index in [2.05, 4.69) is 5.32 Å². The summed E-state index contributed by atoms with van der Waals surface area (Å²) in [7, 11) is -1.45. The molecule has 1 aromatic heterocycles. The number of carbonyl (C=O) groups is 2. The first-order valence-corrected chi connectivity index (χ1v) is 10.2. The van der Waals surface area contributed by atoms with Gasteiger partial charge in [0.1, 0.15) is 0 Å². The summed E-state index contributed by atoms with van der Waals surface area (Å²) in [5.74, 6) is -1.24. The van der Waals surface area contributed by atoms with Crippen LogP contribution < -0.4 is 5.32 Å². The van der Waals surface area contributed by atoms with Crippen LogP contribution in [0.4, 0.5) is 0 Å². The Balaban J connectivity index is 2.03. The molecule has 0 radical (unpaired) electrons. The van der Waals surface area contributed by atoms with Gasteiger partial charge in [0.15, 0.2) is 6.10 Å². The Hall–Kier alpha value is -2.27. The number of benzene rings is 1. The smallest absolute Gasteiger partial charge is 0.338 e. The topological polar surface area (TPSA) is 102 Å². The molecule has 1 amide bonds. The molecule has 0 aliphatic carbocycles. The zero-order valence-corrected chi connectivity index (χ0v) is 16.7. The molecule has 0 aliphatic rings. The van der Waals surface area contributed by atoms with E-state index in [1.165, 1.54) is 56.7 Å². The van der Waals surface area contributed by atoms with Crippen molar-refractivity contribution < 1.29 is 27.6 Å². The maximum atomic E-state index is 12.3. The third-order valence-electron chi connectivity index (χ3n) is 3.63. The van der Waals surface area contributed by atoms with E-state index in [4.69, 9.17) is 9.57 Å². The first-order chi connectivity index (χ1) is 12.8.